The van der Waals surface area contributed by atoms with Crippen molar-refractivity contribution in [3.05, 3.63) is 28.6 Å². The van der Waals surface area contributed by atoms with Gasteiger partial charge in [0, 0.05) is 5.38 Å². The van der Waals surface area contributed by atoms with E-state index in [-0.39, 0.29) is 5.69 Å². The number of rotatable bonds is 7. The zero-order valence-electron chi connectivity index (χ0n) is 11.2. The summed E-state index contributed by atoms with van der Waals surface area (Å²) in [5.74, 6) is -0.789. The summed E-state index contributed by atoms with van der Waals surface area (Å²) in [6, 6.07) is 2.98. The van der Waals surface area contributed by atoms with Crippen molar-refractivity contribution in [2.75, 3.05) is 12.0 Å². The van der Waals surface area contributed by atoms with E-state index in [0.717, 1.165) is 9.88 Å². The van der Waals surface area contributed by atoms with Crippen LogP contribution >= 0.6 is 34.4 Å². The number of nitrogens with one attached hydrogen (secondary N) is 1. The number of carbonyl (C=O) groups is 2. The second-order valence-corrected chi connectivity index (χ2v) is 6.95. The summed E-state index contributed by atoms with van der Waals surface area (Å²) in [6.07, 6.45) is 2.29. The molecule has 0 bridgehead atoms. The van der Waals surface area contributed by atoms with Gasteiger partial charge < -0.3 is 10.4 Å². The third kappa shape index (κ3) is 4.29. The molecule has 0 saturated carbocycles. The van der Waals surface area contributed by atoms with Crippen molar-refractivity contribution in [3.8, 4) is 9.88 Å². The molecule has 2 N–H and O–H groups in total. The molecule has 0 fully saturated rings. The Balaban J connectivity index is 2.04. The molecule has 2 rings (SSSR count). The first-order valence-corrected chi connectivity index (χ1v) is 9.29. The predicted octanol–water partition coefficient (Wildman–Crippen LogP) is 2.81. The SMILES string of the molecule is CSCC[C@H](NC(=O)c1csc(-c2cccs2)n1)C(=O)O. The van der Waals surface area contributed by atoms with Crippen molar-refractivity contribution < 1.29 is 14.7 Å². The number of hydrogen-bond donors (Lipinski definition) is 2. The van der Waals surface area contributed by atoms with E-state index in [1.807, 2.05) is 23.8 Å². The third-order valence-corrected chi connectivity index (χ3v) is 5.21. The number of carboxylic acid groups (broad SMARTS) is 1. The van der Waals surface area contributed by atoms with Crippen LogP contribution in [0.3, 0.4) is 0 Å². The van der Waals surface area contributed by atoms with E-state index in [9.17, 15) is 9.59 Å². The fourth-order valence-electron chi connectivity index (χ4n) is 1.62. The minimum Gasteiger partial charge on any atom is -0.480 e. The highest BCUT2D eigenvalue weighted by atomic mass is 32.2. The van der Waals surface area contributed by atoms with Crippen molar-refractivity contribution in [2.45, 2.75) is 12.5 Å². The van der Waals surface area contributed by atoms with Crippen LogP contribution in [0.25, 0.3) is 9.88 Å². The lowest BCUT2D eigenvalue weighted by atomic mass is 10.2. The van der Waals surface area contributed by atoms with E-state index < -0.39 is 17.9 Å². The van der Waals surface area contributed by atoms with E-state index >= 15 is 0 Å². The van der Waals surface area contributed by atoms with Crippen molar-refractivity contribution in [1.29, 1.82) is 0 Å². The van der Waals surface area contributed by atoms with Crippen LogP contribution < -0.4 is 5.32 Å². The summed E-state index contributed by atoms with van der Waals surface area (Å²) in [5, 5.41) is 16.0. The Morgan fingerprint density at radius 1 is 1.48 bits per heavy atom. The fourth-order valence-corrected chi connectivity index (χ4v) is 3.70. The maximum atomic E-state index is 12.1. The first-order chi connectivity index (χ1) is 10.1. The van der Waals surface area contributed by atoms with Crippen LogP contribution in [0, 0.1) is 0 Å². The molecular weight excluding hydrogens is 328 g/mol. The highest BCUT2D eigenvalue weighted by molar-refractivity contribution is 7.98. The van der Waals surface area contributed by atoms with E-state index in [1.165, 1.54) is 11.3 Å². The van der Waals surface area contributed by atoms with Gasteiger partial charge in [-0.3, -0.25) is 4.79 Å². The molecular formula is C13H14N2O3S3. The first kappa shape index (κ1) is 16.0. The lowest BCUT2D eigenvalue weighted by Gasteiger charge is -2.12. The number of aliphatic carboxylic acids is 1. The second-order valence-electron chi connectivity index (χ2n) is 4.16. The summed E-state index contributed by atoms with van der Waals surface area (Å²) < 4.78 is 0. The van der Waals surface area contributed by atoms with Gasteiger partial charge in [0.25, 0.3) is 5.91 Å². The number of thioether (sulfide) groups is 1. The Morgan fingerprint density at radius 3 is 2.90 bits per heavy atom. The second kappa shape index (κ2) is 7.58. The normalized spacial score (nSPS) is 12.0. The zero-order valence-corrected chi connectivity index (χ0v) is 13.7. The minimum atomic E-state index is -1.02. The average molecular weight is 342 g/mol. The molecule has 1 atom stereocenters. The molecule has 0 radical (unpaired) electrons. The topological polar surface area (TPSA) is 79.3 Å². The lowest BCUT2D eigenvalue weighted by Crippen LogP contribution is -2.41. The van der Waals surface area contributed by atoms with Gasteiger partial charge in [0.15, 0.2) is 0 Å². The van der Waals surface area contributed by atoms with Crippen molar-refractivity contribution >= 4 is 46.3 Å². The Hall–Kier alpha value is -1.38. The molecule has 112 valence electrons. The zero-order chi connectivity index (χ0) is 15.2. The number of carbonyl (C=O) groups excluding carboxylic acids is 1. The van der Waals surface area contributed by atoms with Gasteiger partial charge in [-0.2, -0.15) is 11.8 Å². The molecule has 2 aromatic heterocycles. The van der Waals surface area contributed by atoms with Gasteiger partial charge in [0.05, 0.1) is 4.88 Å². The first-order valence-electron chi connectivity index (χ1n) is 6.14. The molecule has 0 aliphatic rings. The average Bonchev–Trinajstić information content (AvgIpc) is 3.12. The van der Waals surface area contributed by atoms with Gasteiger partial charge in [0.2, 0.25) is 0 Å². The van der Waals surface area contributed by atoms with Crippen molar-refractivity contribution in [3.63, 3.8) is 0 Å². The molecule has 0 aromatic carbocycles. The highest BCUT2D eigenvalue weighted by Gasteiger charge is 2.21. The van der Waals surface area contributed by atoms with Crippen LogP contribution in [0.5, 0.6) is 0 Å². The monoisotopic (exact) mass is 342 g/mol. The molecule has 5 nitrogen and oxygen atoms in total. The quantitative estimate of drug-likeness (QED) is 0.809. The number of thiazole rings is 1. The number of amides is 1. The Labute approximate surface area is 134 Å². The highest BCUT2D eigenvalue weighted by Crippen LogP contribution is 2.27. The van der Waals surface area contributed by atoms with Gasteiger partial charge in [0.1, 0.15) is 16.7 Å². The van der Waals surface area contributed by atoms with E-state index in [2.05, 4.69) is 10.3 Å². The van der Waals surface area contributed by atoms with Gasteiger partial charge in [-0.05, 0) is 29.9 Å². The Kier molecular flexibility index (Phi) is 5.77. The number of carboxylic acids is 1. The third-order valence-electron chi connectivity index (χ3n) is 2.68. The van der Waals surface area contributed by atoms with Gasteiger partial charge in [-0.1, -0.05) is 6.07 Å². The number of nitrogens with zero attached hydrogens (tertiary/aromatic N) is 1. The number of thiophene rings is 1. The van der Waals surface area contributed by atoms with Gasteiger partial charge in [-0.15, -0.1) is 22.7 Å². The summed E-state index contributed by atoms with van der Waals surface area (Å²) in [7, 11) is 0. The largest absolute Gasteiger partial charge is 0.480 e. The van der Waals surface area contributed by atoms with E-state index in [4.69, 9.17) is 5.11 Å². The van der Waals surface area contributed by atoms with Crippen molar-refractivity contribution in [2.24, 2.45) is 0 Å². The maximum Gasteiger partial charge on any atom is 0.326 e. The molecule has 2 heterocycles. The Morgan fingerprint density at radius 2 is 2.29 bits per heavy atom. The minimum absolute atomic E-state index is 0.263. The van der Waals surface area contributed by atoms with Gasteiger partial charge in [-0.25, -0.2) is 9.78 Å². The molecule has 1 amide bonds. The molecule has 0 aliphatic carbocycles. The molecule has 0 aliphatic heterocycles. The number of aromatic nitrogens is 1. The van der Waals surface area contributed by atoms with Crippen LogP contribution in [0.1, 0.15) is 16.9 Å². The van der Waals surface area contributed by atoms with Crippen LogP contribution in [0.2, 0.25) is 0 Å². The molecule has 0 unspecified atom stereocenters. The molecule has 0 saturated heterocycles. The maximum absolute atomic E-state index is 12.1. The fraction of sp³-hybridized carbons (Fsp3) is 0.308. The van der Waals surface area contributed by atoms with Crippen LogP contribution in [0.15, 0.2) is 22.9 Å². The standard InChI is InChI=1S/C13H14N2O3S3/c1-19-6-4-8(13(17)18)14-11(16)9-7-21-12(15-9)10-3-2-5-20-10/h2-3,5,7-8H,4,6H2,1H3,(H,14,16)(H,17,18)/t8-/m0/s1. The Bertz CT molecular complexity index is 610. The van der Waals surface area contributed by atoms with Crippen LogP contribution in [-0.4, -0.2) is 40.0 Å². The van der Waals surface area contributed by atoms with Crippen LogP contribution in [-0.2, 0) is 4.79 Å². The summed E-state index contributed by atoms with van der Waals surface area (Å²) in [6.45, 7) is 0. The summed E-state index contributed by atoms with van der Waals surface area (Å²) in [5.41, 5.74) is 0.263. The lowest BCUT2D eigenvalue weighted by molar-refractivity contribution is -0.139. The predicted molar refractivity (Wildman–Crippen MR) is 87.3 cm³/mol. The van der Waals surface area contributed by atoms with Crippen molar-refractivity contribution in [1.82, 2.24) is 10.3 Å². The van der Waals surface area contributed by atoms with E-state index in [0.29, 0.717) is 12.2 Å². The molecule has 8 heteroatoms. The van der Waals surface area contributed by atoms with Crippen LogP contribution in [0.4, 0.5) is 0 Å². The van der Waals surface area contributed by atoms with Gasteiger partial charge >= 0.3 is 5.97 Å². The summed E-state index contributed by atoms with van der Waals surface area (Å²) in [4.78, 5) is 28.5. The summed E-state index contributed by atoms with van der Waals surface area (Å²) >= 11 is 4.47. The van der Waals surface area contributed by atoms with E-state index in [1.54, 1.807) is 28.5 Å². The number of hydrogen-bond acceptors (Lipinski definition) is 6. The molecule has 21 heavy (non-hydrogen) atoms. The smallest absolute Gasteiger partial charge is 0.326 e. The molecule has 2 aromatic rings. The molecule has 0 spiro atoms.